The van der Waals surface area contributed by atoms with E-state index in [0.717, 1.165) is 0 Å². The first kappa shape index (κ1) is 17.3. The molecule has 0 atom stereocenters. The molecule has 0 aliphatic carbocycles. The average Bonchev–Trinajstić information content (AvgIpc) is 3.42. The first-order valence-electron chi connectivity index (χ1n) is 7.97. The van der Waals surface area contributed by atoms with Gasteiger partial charge in [-0.05, 0) is 70.4 Å². The Balaban J connectivity index is 1.63. The lowest BCUT2D eigenvalue weighted by Gasteiger charge is -1.95. The third-order valence-electron chi connectivity index (χ3n) is 4.30. The molecule has 0 nitrogen and oxygen atoms in total. The van der Waals surface area contributed by atoms with Crippen LogP contribution in [0.1, 0.15) is 0 Å². The summed E-state index contributed by atoms with van der Waals surface area (Å²) in [5, 5.41) is 7.12. The van der Waals surface area contributed by atoms with Crippen LogP contribution in [0.5, 0.6) is 0 Å². The van der Waals surface area contributed by atoms with Crippen molar-refractivity contribution in [3.8, 4) is 19.5 Å². The predicted octanol–water partition coefficient (Wildman–Crippen LogP) is 9.02. The molecule has 1 aromatic carbocycles. The molecule has 0 saturated heterocycles. The van der Waals surface area contributed by atoms with E-state index < -0.39 is 0 Å². The Morgan fingerprint density at radius 1 is 0.654 bits per heavy atom. The molecule has 5 aromatic rings. The summed E-state index contributed by atoms with van der Waals surface area (Å²) in [5.74, 6) is 0. The Bertz CT molecular complexity index is 1070. The highest BCUT2D eigenvalue weighted by molar-refractivity contribution is 7.99. The lowest BCUT2D eigenvalue weighted by atomic mass is 10.2. The minimum absolute atomic E-state index is 1.36. The van der Waals surface area contributed by atoms with Crippen LogP contribution >= 0.6 is 68.9 Å². The second kappa shape index (κ2) is 7.00. The molecule has 130 valence electrons. The van der Waals surface area contributed by atoms with Crippen LogP contribution in [0.25, 0.3) is 39.7 Å². The van der Waals surface area contributed by atoms with E-state index in [1.165, 1.54) is 49.5 Å². The molecule has 0 fully saturated rings. The maximum Gasteiger partial charge on any atom is 0.0578 e. The van der Waals surface area contributed by atoms with Gasteiger partial charge in [0.15, 0.2) is 0 Å². The van der Waals surface area contributed by atoms with Crippen molar-refractivity contribution in [3.05, 3.63) is 47.2 Å². The fourth-order valence-corrected chi connectivity index (χ4v) is 9.19. The van der Waals surface area contributed by atoms with Crippen molar-refractivity contribution in [1.82, 2.24) is 0 Å². The Hall–Kier alpha value is -0.760. The maximum atomic E-state index is 2.37. The predicted molar refractivity (Wildman–Crippen MR) is 127 cm³/mol. The number of rotatable bonds is 4. The monoisotopic (exact) mass is 446 g/mol. The first-order valence-corrected chi connectivity index (χ1v) is 13.8. The van der Waals surface area contributed by atoms with Crippen LogP contribution in [0.2, 0.25) is 0 Å². The number of fused-ring (bicyclic) bond motifs is 2. The van der Waals surface area contributed by atoms with Gasteiger partial charge in [-0.3, -0.25) is 0 Å². The Morgan fingerprint density at radius 3 is 1.54 bits per heavy atom. The highest BCUT2D eigenvalue weighted by atomic mass is 32.2. The summed E-state index contributed by atoms with van der Waals surface area (Å²) < 4.78 is 2.77. The van der Waals surface area contributed by atoms with Crippen molar-refractivity contribution < 1.29 is 0 Å². The summed E-state index contributed by atoms with van der Waals surface area (Å²) in [7, 11) is 0. The standard InChI is InChI=1S/C20H14S6/c1-21-13-3-5-23-19(13)17-9-11-7-16-12(8-15(11)25-17)10-18(26-16)20-14(22-2)4-6-24-20/h3-10H,1-2H3. The van der Waals surface area contributed by atoms with Crippen molar-refractivity contribution in [2.24, 2.45) is 0 Å². The quantitative estimate of drug-likeness (QED) is 0.253. The molecule has 0 aliphatic heterocycles. The van der Waals surface area contributed by atoms with E-state index in [1.807, 2.05) is 68.9 Å². The zero-order chi connectivity index (χ0) is 17.7. The van der Waals surface area contributed by atoms with Gasteiger partial charge in [0, 0.05) is 28.9 Å². The van der Waals surface area contributed by atoms with Crippen molar-refractivity contribution in [3.63, 3.8) is 0 Å². The van der Waals surface area contributed by atoms with E-state index >= 15 is 0 Å². The molecule has 4 aromatic heterocycles. The summed E-state index contributed by atoms with van der Waals surface area (Å²) in [6, 6.07) is 13.9. The first-order chi connectivity index (χ1) is 12.8. The van der Waals surface area contributed by atoms with Crippen LogP contribution in [-0.4, -0.2) is 12.5 Å². The lowest BCUT2D eigenvalue weighted by molar-refractivity contribution is 1.60. The topological polar surface area (TPSA) is 0 Å². The van der Waals surface area contributed by atoms with Crippen LogP contribution < -0.4 is 0 Å². The van der Waals surface area contributed by atoms with Crippen LogP contribution in [0.15, 0.2) is 56.9 Å². The SMILES string of the molecule is CSc1ccsc1-c1cc2cc3sc(-c4sccc4SC)cc3cc2s1. The fourth-order valence-electron chi connectivity index (χ4n) is 3.07. The number of benzene rings is 1. The molecule has 6 heteroatoms. The fraction of sp³-hybridized carbons (Fsp3) is 0.100. The van der Waals surface area contributed by atoms with Gasteiger partial charge in [0.05, 0.1) is 9.75 Å². The Kier molecular flexibility index (Phi) is 4.67. The highest BCUT2D eigenvalue weighted by Crippen LogP contribution is 2.45. The molecule has 0 N–H and O–H groups in total. The molecule has 0 saturated carbocycles. The Labute approximate surface area is 176 Å². The van der Waals surface area contributed by atoms with Crippen LogP contribution in [0.4, 0.5) is 0 Å². The van der Waals surface area contributed by atoms with Crippen LogP contribution in [0, 0.1) is 0 Å². The minimum Gasteiger partial charge on any atom is -0.142 e. The third kappa shape index (κ3) is 2.87. The van der Waals surface area contributed by atoms with E-state index in [4.69, 9.17) is 0 Å². The van der Waals surface area contributed by atoms with Gasteiger partial charge in [0.25, 0.3) is 0 Å². The van der Waals surface area contributed by atoms with E-state index in [-0.39, 0.29) is 0 Å². The number of thiophene rings is 4. The summed E-state index contributed by atoms with van der Waals surface area (Å²) in [5.41, 5.74) is 0. The molecule has 0 bridgehead atoms. The van der Waals surface area contributed by atoms with Gasteiger partial charge in [-0.15, -0.1) is 68.9 Å². The molecule has 0 radical (unpaired) electrons. The van der Waals surface area contributed by atoms with Crippen molar-refractivity contribution in [2.45, 2.75) is 9.79 Å². The molecule has 0 amide bonds. The normalized spacial score (nSPS) is 11.8. The smallest absolute Gasteiger partial charge is 0.0578 e. The number of thioether (sulfide) groups is 2. The molecular weight excluding hydrogens is 433 g/mol. The van der Waals surface area contributed by atoms with E-state index in [2.05, 4.69) is 59.7 Å². The van der Waals surface area contributed by atoms with E-state index in [1.54, 1.807) is 0 Å². The highest BCUT2D eigenvalue weighted by Gasteiger charge is 2.14. The van der Waals surface area contributed by atoms with Crippen molar-refractivity contribution >= 4 is 89.0 Å². The van der Waals surface area contributed by atoms with Gasteiger partial charge in [-0.2, -0.15) is 0 Å². The zero-order valence-electron chi connectivity index (χ0n) is 14.1. The molecule has 4 heterocycles. The average molecular weight is 447 g/mol. The van der Waals surface area contributed by atoms with Crippen molar-refractivity contribution in [2.75, 3.05) is 12.5 Å². The van der Waals surface area contributed by atoms with Gasteiger partial charge in [-0.1, -0.05) is 0 Å². The van der Waals surface area contributed by atoms with Gasteiger partial charge in [0.1, 0.15) is 0 Å². The lowest BCUT2D eigenvalue weighted by Crippen LogP contribution is -1.66. The molecule has 26 heavy (non-hydrogen) atoms. The maximum absolute atomic E-state index is 2.37. The van der Waals surface area contributed by atoms with Crippen molar-refractivity contribution in [1.29, 1.82) is 0 Å². The largest absolute Gasteiger partial charge is 0.142 e. The number of hydrogen-bond acceptors (Lipinski definition) is 6. The van der Waals surface area contributed by atoms with E-state index in [9.17, 15) is 0 Å². The molecule has 0 aliphatic rings. The second-order valence-corrected chi connectivity index (χ2v) is 11.5. The summed E-state index contributed by atoms with van der Waals surface area (Å²) in [6.07, 6.45) is 4.31. The Morgan fingerprint density at radius 2 is 1.12 bits per heavy atom. The summed E-state index contributed by atoms with van der Waals surface area (Å²) in [4.78, 5) is 8.36. The molecule has 0 unspecified atom stereocenters. The minimum atomic E-state index is 1.36. The summed E-state index contributed by atoms with van der Waals surface area (Å²) >= 11 is 11.2. The third-order valence-corrected chi connectivity index (χ3v) is 10.5. The molecule has 0 spiro atoms. The molecular formula is C20H14S6. The zero-order valence-corrected chi connectivity index (χ0v) is 19.0. The van der Waals surface area contributed by atoms with Gasteiger partial charge >= 0.3 is 0 Å². The van der Waals surface area contributed by atoms with Crippen LogP contribution in [0.3, 0.4) is 0 Å². The van der Waals surface area contributed by atoms with Gasteiger partial charge in [-0.25, -0.2) is 0 Å². The van der Waals surface area contributed by atoms with Crippen LogP contribution in [-0.2, 0) is 0 Å². The molecule has 5 rings (SSSR count). The number of hydrogen-bond donors (Lipinski definition) is 0. The summed E-state index contributed by atoms with van der Waals surface area (Å²) in [6.45, 7) is 0. The second-order valence-electron chi connectivity index (χ2n) is 5.79. The van der Waals surface area contributed by atoms with E-state index in [0.29, 0.717) is 0 Å². The van der Waals surface area contributed by atoms with Gasteiger partial charge in [0.2, 0.25) is 0 Å². The van der Waals surface area contributed by atoms with Gasteiger partial charge < -0.3 is 0 Å².